The third kappa shape index (κ3) is 4.95. The summed E-state index contributed by atoms with van der Waals surface area (Å²) in [5, 5.41) is 3.93. The monoisotopic (exact) mass is 289 g/mol. The molecular weight excluding hydrogens is 266 g/mol. The summed E-state index contributed by atoms with van der Waals surface area (Å²) < 4.78 is 10.7. The Morgan fingerprint density at radius 1 is 1.33 bits per heavy atom. The van der Waals surface area contributed by atoms with Crippen LogP contribution in [-0.2, 0) is 17.6 Å². The summed E-state index contributed by atoms with van der Waals surface area (Å²) in [6.45, 7) is 5.27. The lowest BCUT2D eigenvalue weighted by atomic mass is 10.1. The summed E-state index contributed by atoms with van der Waals surface area (Å²) in [6, 6.07) is 8.10. The first kappa shape index (κ1) is 15.7. The van der Waals surface area contributed by atoms with E-state index in [-0.39, 0.29) is 6.04 Å². The maximum absolute atomic E-state index is 5.97. The molecule has 0 aliphatic rings. The highest BCUT2D eigenvalue weighted by molar-refractivity contribution is 5.22. The lowest BCUT2D eigenvalue weighted by molar-refractivity contribution is 0.119. The normalized spacial score (nSPS) is 12.5. The van der Waals surface area contributed by atoms with Gasteiger partial charge < -0.3 is 15.0 Å². The standard InChI is InChI=1S/C16H23N3O2/c1-3-9-20-11-14(17)16-18-15(21-19-16)8-7-13-6-4-5-12(2)10-13/h4-6,10,14H,3,7-9,11,17H2,1-2H3. The first-order valence-corrected chi connectivity index (χ1v) is 7.40. The molecule has 21 heavy (non-hydrogen) atoms. The van der Waals surface area contributed by atoms with E-state index in [4.69, 9.17) is 15.0 Å². The van der Waals surface area contributed by atoms with Crippen LogP contribution in [-0.4, -0.2) is 23.4 Å². The molecule has 5 heteroatoms. The van der Waals surface area contributed by atoms with Gasteiger partial charge in [-0.2, -0.15) is 4.98 Å². The molecule has 2 aromatic rings. The lowest BCUT2D eigenvalue weighted by Crippen LogP contribution is -2.18. The predicted molar refractivity (Wildman–Crippen MR) is 80.9 cm³/mol. The molecule has 0 fully saturated rings. The second kappa shape index (κ2) is 7.90. The second-order valence-electron chi connectivity index (χ2n) is 5.22. The molecule has 0 aliphatic carbocycles. The van der Waals surface area contributed by atoms with Crippen molar-refractivity contribution in [3.8, 4) is 0 Å². The van der Waals surface area contributed by atoms with Gasteiger partial charge in [0, 0.05) is 13.0 Å². The Kier molecular flexibility index (Phi) is 5.90. The minimum atomic E-state index is -0.326. The number of aromatic nitrogens is 2. The van der Waals surface area contributed by atoms with Gasteiger partial charge in [0.25, 0.3) is 0 Å². The second-order valence-corrected chi connectivity index (χ2v) is 5.22. The molecular formula is C16H23N3O2. The molecule has 0 spiro atoms. The van der Waals surface area contributed by atoms with Gasteiger partial charge in [-0.25, -0.2) is 0 Å². The van der Waals surface area contributed by atoms with Crippen molar-refractivity contribution in [2.24, 2.45) is 5.73 Å². The van der Waals surface area contributed by atoms with Gasteiger partial charge >= 0.3 is 0 Å². The smallest absolute Gasteiger partial charge is 0.227 e. The molecule has 1 aromatic carbocycles. The van der Waals surface area contributed by atoms with Crippen LogP contribution < -0.4 is 5.73 Å². The summed E-state index contributed by atoms with van der Waals surface area (Å²) in [6.07, 6.45) is 2.57. The zero-order valence-corrected chi connectivity index (χ0v) is 12.7. The number of nitrogens with two attached hydrogens (primary N) is 1. The van der Waals surface area contributed by atoms with Crippen LogP contribution in [0, 0.1) is 6.92 Å². The largest absolute Gasteiger partial charge is 0.379 e. The topological polar surface area (TPSA) is 74.2 Å². The van der Waals surface area contributed by atoms with Crippen LogP contribution in [0.4, 0.5) is 0 Å². The molecule has 0 saturated heterocycles. The van der Waals surface area contributed by atoms with E-state index in [0.717, 1.165) is 19.3 Å². The number of nitrogens with zero attached hydrogens (tertiary/aromatic N) is 2. The fraction of sp³-hybridized carbons (Fsp3) is 0.500. The molecule has 2 N–H and O–H groups in total. The fourth-order valence-electron chi connectivity index (χ4n) is 2.07. The van der Waals surface area contributed by atoms with Crippen molar-refractivity contribution in [2.45, 2.75) is 39.2 Å². The van der Waals surface area contributed by atoms with Crippen LogP contribution in [0.5, 0.6) is 0 Å². The molecule has 0 amide bonds. The minimum absolute atomic E-state index is 0.326. The first-order chi connectivity index (χ1) is 10.2. The molecule has 1 atom stereocenters. The van der Waals surface area contributed by atoms with Crippen molar-refractivity contribution in [3.63, 3.8) is 0 Å². The van der Waals surface area contributed by atoms with E-state index in [0.29, 0.717) is 24.9 Å². The van der Waals surface area contributed by atoms with Gasteiger partial charge in [0.05, 0.1) is 12.6 Å². The van der Waals surface area contributed by atoms with E-state index in [1.807, 2.05) is 0 Å². The van der Waals surface area contributed by atoms with Crippen LogP contribution in [0.2, 0.25) is 0 Å². The van der Waals surface area contributed by atoms with Crippen LogP contribution in [0.1, 0.15) is 42.2 Å². The van der Waals surface area contributed by atoms with E-state index < -0.39 is 0 Å². The van der Waals surface area contributed by atoms with Crippen molar-refractivity contribution in [1.29, 1.82) is 0 Å². The van der Waals surface area contributed by atoms with E-state index >= 15 is 0 Å². The average Bonchev–Trinajstić information content (AvgIpc) is 2.94. The Morgan fingerprint density at radius 2 is 2.19 bits per heavy atom. The van der Waals surface area contributed by atoms with Crippen LogP contribution >= 0.6 is 0 Å². The van der Waals surface area contributed by atoms with Crippen molar-refractivity contribution in [3.05, 3.63) is 47.1 Å². The summed E-state index contributed by atoms with van der Waals surface area (Å²) in [4.78, 5) is 4.34. The van der Waals surface area contributed by atoms with Gasteiger partial charge in [0.1, 0.15) is 0 Å². The number of rotatable bonds is 8. The highest BCUT2D eigenvalue weighted by Gasteiger charge is 2.14. The zero-order valence-electron chi connectivity index (χ0n) is 12.7. The van der Waals surface area contributed by atoms with E-state index in [9.17, 15) is 0 Å². The van der Waals surface area contributed by atoms with Gasteiger partial charge in [-0.3, -0.25) is 0 Å². The van der Waals surface area contributed by atoms with Crippen LogP contribution in [0.15, 0.2) is 28.8 Å². The van der Waals surface area contributed by atoms with Crippen molar-refractivity contribution in [2.75, 3.05) is 13.2 Å². The van der Waals surface area contributed by atoms with Crippen LogP contribution in [0.3, 0.4) is 0 Å². The van der Waals surface area contributed by atoms with Crippen LogP contribution in [0.25, 0.3) is 0 Å². The molecule has 0 aliphatic heterocycles. The number of hydrogen-bond donors (Lipinski definition) is 1. The molecule has 1 aromatic heterocycles. The van der Waals surface area contributed by atoms with E-state index in [2.05, 4.69) is 48.3 Å². The SMILES string of the molecule is CCCOCC(N)c1noc(CCc2cccc(C)c2)n1. The summed E-state index contributed by atoms with van der Waals surface area (Å²) >= 11 is 0. The molecule has 114 valence electrons. The van der Waals surface area contributed by atoms with Gasteiger partial charge in [-0.1, -0.05) is 41.9 Å². The molecule has 0 bridgehead atoms. The molecule has 1 heterocycles. The lowest BCUT2D eigenvalue weighted by Gasteiger charge is -2.06. The number of ether oxygens (including phenoxy) is 1. The Bertz CT molecular complexity index is 554. The van der Waals surface area contributed by atoms with Gasteiger partial charge in [-0.15, -0.1) is 0 Å². The van der Waals surface area contributed by atoms with E-state index in [1.54, 1.807) is 0 Å². The molecule has 2 rings (SSSR count). The molecule has 0 saturated carbocycles. The Morgan fingerprint density at radius 3 is 2.95 bits per heavy atom. The quantitative estimate of drug-likeness (QED) is 0.756. The Labute approximate surface area is 125 Å². The fourth-order valence-corrected chi connectivity index (χ4v) is 2.07. The zero-order chi connectivity index (χ0) is 15.1. The first-order valence-electron chi connectivity index (χ1n) is 7.40. The van der Waals surface area contributed by atoms with Gasteiger partial charge in [-0.05, 0) is 25.3 Å². The third-order valence-electron chi connectivity index (χ3n) is 3.17. The third-order valence-corrected chi connectivity index (χ3v) is 3.17. The maximum atomic E-state index is 5.97. The Hall–Kier alpha value is -1.72. The van der Waals surface area contributed by atoms with E-state index in [1.165, 1.54) is 11.1 Å². The minimum Gasteiger partial charge on any atom is -0.379 e. The number of benzene rings is 1. The average molecular weight is 289 g/mol. The summed E-state index contributed by atoms with van der Waals surface area (Å²) in [5.74, 6) is 1.14. The molecule has 5 nitrogen and oxygen atoms in total. The summed E-state index contributed by atoms with van der Waals surface area (Å²) in [5.41, 5.74) is 8.49. The number of hydrogen-bond acceptors (Lipinski definition) is 5. The van der Waals surface area contributed by atoms with Gasteiger partial charge in [0.2, 0.25) is 5.89 Å². The van der Waals surface area contributed by atoms with Crippen molar-refractivity contribution in [1.82, 2.24) is 10.1 Å². The maximum Gasteiger partial charge on any atom is 0.227 e. The highest BCUT2D eigenvalue weighted by Crippen LogP contribution is 2.11. The highest BCUT2D eigenvalue weighted by atomic mass is 16.5. The molecule has 0 radical (unpaired) electrons. The summed E-state index contributed by atoms with van der Waals surface area (Å²) in [7, 11) is 0. The van der Waals surface area contributed by atoms with Crippen molar-refractivity contribution >= 4 is 0 Å². The van der Waals surface area contributed by atoms with Crippen molar-refractivity contribution < 1.29 is 9.26 Å². The Balaban J connectivity index is 1.85. The van der Waals surface area contributed by atoms with Gasteiger partial charge in [0.15, 0.2) is 5.82 Å². The predicted octanol–water partition coefficient (Wildman–Crippen LogP) is 2.59. The number of aryl methyl sites for hydroxylation is 3. The molecule has 1 unspecified atom stereocenters.